The Kier molecular flexibility index (Phi) is 10.6. The highest BCUT2D eigenvalue weighted by atomic mass is 35.5. The van der Waals surface area contributed by atoms with Crippen molar-refractivity contribution < 1.29 is 27.0 Å². The van der Waals surface area contributed by atoms with E-state index in [4.69, 9.17) is 16.3 Å². The molecular weight excluding hydrogens is 483 g/mol. The van der Waals surface area contributed by atoms with Crippen molar-refractivity contribution in [2.24, 2.45) is 0 Å². The maximum absolute atomic E-state index is 14.6. The number of rotatable bonds is 6. The van der Waals surface area contributed by atoms with Gasteiger partial charge in [0.2, 0.25) is 0 Å². The molecule has 0 aromatic heterocycles. The normalized spacial score (nSPS) is 15.4. The van der Waals surface area contributed by atoms with Gasteiger partial charge in [0.15, 0.2) is 11.6 Å². The van der Waals surface area contributed by atoms with Gasteiger partial charge in [0.05, 0.1) is 17.7 Å². The minimum atomic E-state index is -4.76. The van der Waals surface area contributed by atoms with Crippen molar-refractivity contribution in [3.8, 4) is 11.5 Å². The summed E-state index contributed by atoms with van der Waals surface area (Å²) in [5.41, 5.74) is 1.31. The zero-order valence-electron chi connectivity index (χ0n) is 16.5. The molecule has 174 valence electrons. The fourth-order valence-electron chi connectivity index (χ4n) is 3.43. The van der Waals surface area contributed by atoms with Crippen LogP contribution < -0.4 is 14.8 Å². The summed E-state index contributed by atoms with van der Waals surface area (Å²) in [7, 11) is 0. The molecule has 2 aromatic carbocycles. The molecule has 4 nitrogen and oxygen atoms in total. The molecular formula is C20H23Cl3F4N2O2. The van der Waals surface area contributed by atoms with Crippen LogP contribution >= 0.6 is 36.4 Å². The molecule has 1 N–H and O–H groups in total. The van der Waals surface area contributed by atoms with Crippen LogP contribution in [0.1, 0.15) is 24.1 Å². The lowest BCUT2D eigenvalue weighted by Crippen LogP contribution is -2.45. The van der Waals surface area contributed by atoms with E-state index in [0.29, 0.717) is 24.2 Å². The highest BCUT2D eigenvalue weighted by molar-refractivity contribution is 6.32. The molecule has 0 aliphatic carbocycles. The van der Waals surface area contributed by atoms with Gasteiger partial charge >= 0.3 is 6.36 Å². The van der Waals surface area contributed by atoms with E-state index in [1.54, 1.807) is 25.1 Å². The maximum Gasteiger partial charge on any atom is 0.573 e. The fourth-order valence-corrected chi connectivity index (χ4v) is 3.70. The number of ether oxygens (including phenoxy) is 2. The van der Waals surface area contributed by atoms with Crippen molar-refractivity contribution in [3.63, 3.8) is 0 Å². The minimum absolute atomic E-state index is 0. The van der Waals surface area contributed by atoms with Crippen molar-refractivity contribution in [2.45, 2.75) is 19.3 Å². The molecule has 31 heavy (non-hydrogen) atoms. The molecule has 1 aliphatic heterocycles. The standard InChI is InChI=1S/C20H21ClF4N2O2.2ClH/c1-2-28-19-16(21)11-14(12-17(19)22)18(27-9-7-26-8-10-27)13-3-5-15(6-4-13)29-20(23,24)25;;/h3-6,11-12,18,26H,2,7-10H2,1H3;2*1H/t18-;;/m1../s1. The molecule has 0 saturated carbocycles. The first-order valence-corrected chi connectivity index (χ1v) is 9.58. The van der Waals surface area contributed by atoms with E-state index < -0.39 is 12.2 Å². The van der Waals surface area contributed by atoms with Crippen molar-refractivity contribution in [3.05, 3.63) is 58.4 Å². The average Bonchev–Trinajstić information content (AvgIpc) is 2.66. The van der Waals surface area contributed by atoms with Gasteiger partial charge in [0.25, 0.3) is 0 Å². The summed E-state index contributed by atoms with van der Waals surface area (Å²) < 4.78 is 61.1. The Hall–Kier alpha value is -1.45. The summed E-state index contributed by atoms with van der Waals surface area (Å²) in [6.45, 7) is 4.89. The third-order valence-electron chi connectivity index (χ3n) is 4.57. The topological polar surface area (TPSA) is 33.7 Å². The Morgan fingerprint density at radius 3 is 2.19 bits per heavy atom. The largest absolute Gasteiger partial charge is 0.573 e. The summed E-state index contributed by atoms with van der Waals surface area (Å²) in [6, 6.07) is 8.24. The summed E-state index contributed by atoms with van der Waals surface area (Å²) >= 11 is 6.24. The second kappa shape index (κ2) is 12.0. The molecule has 1 atom stereocenters. The lowest BCUT2D eigenvalue weighted by Gasteiger charge is -2.36. The monoisotopic (exact) mass is 504 g/mol. The van der Waals surface area contributed by atoms with E-state index in [1.165, 1.54) is 18.2 Å². The second-order valence-corrected chi connectivity index (χ2v) is 6.96. The molecule has 11 heteroatoms. The van der Waals surface area contributed by atoms with Crippen LogP contribution in [-0.4, -0.2) is 44.0 Å². The van der Waals surface area contributed by atoms with E-state index in [2.05, 4.69) is 15.0 Å². The van der Waals surface area contributed by atoms with E-state index in [-0.39, 0.29) is 54.0 Å². The minimum Gasteiger partial charge on any atom is -0.489 e. The molecule has 0 spiro atoms. The molecule has 1 heterocycles. The number of nitrogens with one attached hydrogen (secondary N) is 1. The predicted molar refractivity (Wildman–Crippen MR) is 116 cm³/mol. The predicted octanol–water partition coefficient (Wildman–Crippen LogP) is 5.61. The van der Waals surface area contributed by atoms with Crippen LogP contribution in [0.3, 0.4) is 0 Å². The molecule has 1 saturated heterocycles. The number of nitrogens with zero attached hydrogens (tertiary/aromatic N) is 1. The lowest BCUT2D eigenvalue weighted by atomic mass is 9.96. The smallest absolute Gasteiger partial charge is 0.489 e. The van der Waals surface area contributed by atoms with E-state index in [9.17, 15) is 17.6 Å². The lowest BCUT2D eigenvalue weighted by molar-refractivity contribution is -0.274. The van der Waals surface area contributed by atoms with E-state index >= 15 is 0 Å². The molecule has 3 rings (SSSR count). The van der Waals surface area contributed by atoms with E-state index in [0.717, 1.165) is 13.1 Å². The van der Waals surface area contributed by atoms with Crippen LogP contribution in [0.5, 0.6) is 11.5 Å². The number of benzene rings is 2. The fraction of sp³-hybridized carbons (Fsp3) is 0.400. The maximum atomic E-state index is 14.6. The van der Waals surface area contributed by atoms with Crippen molar-refractivity contribution in [1.82, 2.24) is 10.2 Å². The van der Waals surface area contributed by atoms with E-state index in [1.807, 2.05) is 0 Å². The van der Waals surface area contributed by atoms with Gasteiger partial charge in [-0.2, -0.15) is 0 Å². The Morgan fingerprint density at radius 2 is 1.68 bits per heavy atom. The number of hydrogen-bond donors (Lipinski definition) is 1. The molecule has 1 aliphatic rings. The molecule has 1 fully saturated rings. The van der Waals surface area contributed by atoms with Gasteiger partial charge in [-0.25, -0.2) is 4.39 Å². The van der Waals surface area contributed by atoms with Crippen molar-refractivity contribution in [1.29, 1.82) is 0 Å². The average molecular weight is 506 g/mol. The third-order valence-corrected chi connectivity index (χ3v) is 4.85. The number of piperazine rings is 1. The molecule has 2 aromatic rings. The van der Waals surface area contributed by atoms with Gasteiger partial charge in [-0.1, -0.05) is 23.7 Å². The van der Waals surface area contributed by atoms with Crippen LogP contribution in [0, 0.1) is 5.82 Å². The number of hydrogen-bond acceptors (Lipinski definition) is 4. The second-order valence-electron chi connectivity index (χ2n) is 6.55. The van der Waals surface area contributed by atoms with Gasteiger partial charge in [0, 0.05) is 26.2 Å². The SMILES string of the molecule is CCOc1c(F)cc([C@@H](c2ccc(OC(F)(F)F)cc2)N2CCNCC2)cc1Cl.Cl.Cl. The highest BCUT2D eigenvalue weighted by Gasteiger charge is 2.31. The number of halogens is 7. The Morgan fingerprint density at radius 1 is 1.06 bits per heavy atom. The van der Waals surface area contributed by atoms with Crippen LogP contribution in [0.25, 0.3) is 0 Å². The zero-order chi connectivity index (χ0) is 21.0. The van der Waals surface area contributed by atoms with Gasteiger partial charge in [-0.05, 0) is 42.3 Å². The van der Waals surface area contributed by atoms with Gasteiger partial charge in [-0.15, -0.1) is 38.0 Å². The first kappa shape index (κ1) is 27.6. The van der Waals surface area contributed by atoms with Crippen LogP contribution in [0.4, 0.5) is 17.6 Å². The molecule has 0 amide bonds. The summed E-state index contributed by atoms with van der Waals surface area (Å²) in [4.78, 5) is 2.13. The van der Waals surface area contributed by atoms with Gasteiger partial charge in [0.1, 0.15) is 5.75 Å². The van der Waals surface area contributed by atoms with Crippen LogP contribution in [-0.2, 0) is 0 Å². The third kappa shape index (κ3) is 7.29. The van der Waals surface area contributed by atoms with Crippen molar-refractivity contribution >= 4 is 36.4 Å². The number of alkyl halides is 3. The van der Waals surface area contributed by atoms with Crippen LogP contribution in [0.2, 0.25) is 5.02 Å². The van der Waals surface area contributed by atoms with Gasteiger partial charge < -0.3 is 14.8 Å². The molecule has 0 bridgehead atoms. The zero-order valence-corrected chi connectivity index (χ0v) is 18.9. The first-order valence-electron chi connectivity index (χ1n) is 9.20. The summed E-state index contributed by atoms with van der Waals surface area (Å²) in [5, 5.41) is 3.40. The Bertz CT molecular complexity index is 809. The molecule has 0 unspecified atom stereocenters. The Labute approximate surface area is 195 Å². The van der Waals surface area contributed by atoms with Crippen molar-refractivity contribution in [2.75, 3.05) is 32.8 Å². The van der Waals surface area contributed by atoms with Crippen LogP contribution in [0.15, 0.2) is 36.4 Å². The first-order chi connectivity index (χ1) is 13.8. The Balaban J connectivity index is 0.00000240. The molecule has 0 radical (unpaired) electrons. The highest BCUT2D eigenvalue weighted by Crippen LogP contribution is 2.37. The quantitative estimate of drug-likeness (QED) is 0.517. The summed E-state index contributed by atoms with van der Waals surface area (Å²) in [6.07, 6.45) is -4.76. The summed E-state index contributed by atoms with van der Waals surface area (Å²) in [5.74, 6) is -0.895. The van der Waals surface area contributed by atoms with Gasteiger partial charge in [-0.3, -0.25) is 4.90 Å².